The first-order valence-corrected chi connectivity index (χ1v) is 8.10. The van der Waals surface area contributed by atoms with Crippen LogP contribution in [0.15, 0.2) is 0 Å². The van der Waals surface area contributed by atoms with Crippen molar-refractivity contribution in [1.29, 1.82) is 0 Å². The Hall–Kier alpha value is 3.28. The van der Waals surface area contributed by atoms with Gasteiger partial charge < -0.3 is 34.8 Å². The molecule has 0 heterocycles. The van der Waals surface area contributed by atoms with Crippen LogP contribution in [-0.4, -0.2) is 28.6 Å². The number of carbonyl (C=O) groups is 3. The maximum absolute atomic E-state index is 11.1. The molecule has 0 bridgehead atoms. The molecule has 0 amide bonds. The number of unbranched alkanes of at least 4 members (excludes halogenated alkanes) is 7. The van der Waals surface area contributed by atoms with E-state index in [-0.39, 0.29) is 161 Å². The van der Waals surface area contributed by atoms with Gasteiger partial charge >= 0.3 is 154 Å². The van der Waals surface area contributed by atoms with E-state index in [2.05, 4.69) is 6.92 Å². The molecule has 0 fully saturated rings. The first-order chi connectivity index (χ1) is 10.8. The van der Waals surface area contributed by atoms with Crippen LogP contribution in [0.3, 0.4) is 0 Å². The van der Waals surface area contributed by atoms with E-state index in [1.165, 1.54) is 6.42 Å². The van der Waals surface area contributed by atoms with E-state index < -0.39 is 35.8 Å². The van der Waals surface area contributed by atoms with Gasteiger partial charge in [-0.05, 0) is 6.42 Å². The predicted molar refractivity (Wildman–Crippen MR) is 75.3 cm³/mol. The standard InChI is InChI=1S/C16H28O7.3K/c1-2-3-4-5-6-7-8-9-10-12(14(19)20)16(23,15(21)22)11-13(17)18;;;/h12,23H,2-11H2,1H3,(H,17,18)(H,19,20)(H,21,22);;;/q;3*+1/p-3. The molecule has 0 saturated carbocycles. The summed E-state index contributed by atoms with van der Waals surface area (Å²) >= 11 is 0. The minimum atomic E-state index is -3.02. The SMILES string of the molecule is CCCCCCCCCCC(C(=O)[O-])C(O)(CC(=O)[O-])C(=O)[O-].[K+].[K+].[K+]. The molecular formula is C16H25K3O7. The van der Waals surface area contributed by atoms with E-state index in [0.717, 1.165) is 32.1 Å². The van der Waals surface area contributed by atoms with Crippen LogP contribution < -0.4 is 169 Å². The fourth-order valence-electron chi connectivity index (χ4n) is 2.59. The van der Waals surface area contributed by atoms with Gasteiger partial charge in [-0.3, -0.25) is 0 Å². The Balaban J connectivity index is -0.000000807. The summed E-state index contributed by atoms with van der Waals surface area (Å²) in [6.45, 7) is 2.12. The summed E-state index contributed by atoms with van der Waals surface area (Å²) in [6.07, 6.45) is 5.93. The molecule has 2 atom stereocenters. The van der Waals surface area contributed by atoms with Crippen molar-refractivity contribution in [3.05, 3.63) is 0 Å². The van der Waals surface area contributed by atoms with Crippen molar-refractivity contribution < 1.29 is 189 Å². The van der Waals surface area contributed by atoms with Gasteiger partial charge in [-0.25, -0.2) is 0 Å². The van der Waals surface area contributed by atoms with E-state index in [1.807, 2.05) is 0 Å². The first-order valence-electron chi connectivity index (χ1n) is 8.10. The van der Waals surface area contributed by atoms with Crippen molar-refractivity contribution in [3.8, 4) is 0 Å². The fraction of sp³-hybridized carbons (Fsp3) is 0.812. The van der Waals surface area contributed by atoms with Crippen molar-refractivity contribution in [3.63, 3.8) is 0 Å². The second-order valence-electron chi connectivity index (χ2n) is 5.90. The second kappa shape index (κ2) is 21.5. The molecule has 0 aliphatic rings. The maximum Gasteiger partial charge on any atom is 1.00 e. The Morgan fingerprint density at radius 3 is 1.62 bits per heavy atom. The largest absolute Gasteiger partial charge is 1.00 e. The molecule has 0 saturated heterocycles. The molecule has 26 heavy (non-hydrogen) atoms. The van der Waals surface area contributed by atoms with Gasteiger partial charge in [0.25, 0.3) is 0 Å². The Kier molecular flexibility index (Phi) is 30.3. The number of rotatable bonds is 14. The van der Waals surface area contributed by atoms with Crippen LogP contribution >= 0.6 is 0 Å². The minimum Gasteiger partial charge on any atom is -0.550 e. The normalized spacial score (nSPS) is 13.2. The third-order valence-corrected chi connectivity index (χ3v) is 3.97. The van der Waals surface area contributed by atoms with Crippen molar-refractivity contribution >= 4 is 17.9 Å². The molecule has 0 spiro atoms. The van der Waals surface area contributed by atoms with Crippen LogP contribution in [0.2, 0.25) is 0 Å². The van der Waals surface area contributed by atoms with Gasteiger partial charge in [0.2, 0.25) is 0 Å². The number of carbonyl (C=O) groups excluding carboxylic acids is 3. The van der Waals surface area contributed by atoms with Crippen molar-refractivity contribution in [2.75, 3.05) is 0 Å². The molecule has 10 heteroatoms. The molecule has 7 nitrogen and oxygen atoms in total. The number of aliphatic carboxylic acids is 3. The van der Waals surface area contributed by atoms with Crippen molar-refractivity contribution in [2.45, 2.75) is 76.7 Å². The molecule has 0 aromatic carbocycles. The van der Waals surface area contributed by atoms with Crippen LogP contribution in [0.4, 0.5) is 0 Å². The topological polar surface area (TPSA) is 141 Å². The van der Waals surface area contributed by atoms with E-state index in [9.17, 15) is 34.8 Å². The number of hydrogen-bond donors (Lipinski definition) is 1. The summed E-state index contributed by atoms with van der Waals surface area (Å²) < 4.78 is 0. The molecule has 134 valence electrons. The molecule has 0 aliphatic carbocycles. The van der Waals surface area contributed by atoms with E-state index in [4.69, 9.17) is 0 Å². The Labute approximate surface area is 283 Å². The van der Waals surface area contributed by atoms with Gasteiger partial charge in [0, 0.05) is 24.3 Å². The monoisotopic (exact) mass is 446 g/mol. The van der Waals surface area contributed by atoms with Gasteiger partial charge in [0.1, 0.15) is 5.60 Å². The molecule has 0 aliphatic heterocycles. The van der Waals surface area contributed by atoms with Gasteiger partial charge in [0.15, 0.2) is 0 Å². The molecule has 0 aromatic heterocycles. The fourth-order valence-corrected chi connectivity index (χ4v) is 2.59. The zero-order valence-corrected chi connectivity index (χ0v) is 25.9. The zero-order valence-electron chi connectivity index (χ0n) is 16.5. The van der Waals surface area contributed by atoms with Crippen LogP contribution in [0.5, 0.6) is 0 Å². The maximum atomic E-state index is 11.1. The molecular weight excluding hydrogens is 421 g/mol. The number of aliphatic hydroxyl groups is 1. The smallest absolute Gasteiger partial charge is 0.550 e. The summed E-state index contributed by atoms with van der Waals surface area (Å²) in [7, 11) is 0. The van der Waals surface area contributed by atoms with Gasteiger partial charge in [-0.2, -0.15) is 0 Å². The van der Waals surface area contributed by atoms with Gasteiger partial charge in [0.05, 0.1) is 5.97 Å². The third kappa shape index (κ3) is 16.0. The van der Waals surface area contributed by atoms with Gasteiger partial charge in [-0.1, -0.05) is 58.3 Å². The number of carboxylic acid groups (broad SMARTS) is 3. The Morgan fingerprint density at radius 1 is 0.846 bits per heavy atom. The summed E-state index contributed by atoms with van der Waals surface area (Å²) in [5.74, 6) is -7.65. The summed E-state index contributed by atoms with van der Waals surface area (Å²) in [4.78, 5) is 32.7. The van der Waals surface area contributed by atoms with Crippen molar-refractivity contribution in [1.82, 2.24) is 0 Å². The minimum absolute atomic E-state index is 0. The zero-order chi connectivity index (χ0) is 17.9. The Morgan fingerprint density at radius 2 is 1.27 bits per heavy atom. The number of carboxylic acids is 3. The van der Waals surface area contributed by atoms with Crippen molar-refractivity contribution in [2.24, 2.45) is 5.92 Å². The summed E-state index contributed by atoms with van der Waals surface area (Å²) in [6, 6.07) is 0. The molecule has 0 radical (unpaired) electrons. The summed E-state index contributed by atoms with van der Waals surface area (Å²) in [5, 5.41) is 42.5. The Bertz CT molecular complexity index is 407. The first kappa shape index (κ1) is 36.6. The van der Waals surface area contributed by atoms with Crippen LogP contribution in [0.25, 0.3) is 0 Å². The van der Waals surface area contributed by atoms with E-state index >= 15 is 0 Å². The molecule has 0 rings (SSSR count). The predicted octanol–water partition coefficient (Wildman–Crippen LogP) is -10.5. The van der Waals surface area contributed by atoms with E-state index in [0.29, 0.717) is 12.8 Å². The van der Waals surface area contributed by atoms with Crippen LogP contribution in [-0.2, 0) is 14.4 Å². The summed E-state index contributed by atoms with van der Waals surface area (Å²) in [5.41, 5.74) is -3.02. The van der Waals surface area contributed by atoms with Crippen LogP contribution in [0.1, 0.15) is 71.1 Å². The quantitative estimate of drug-likeness (QED) is 0.206. The molecule has 2 unspecified atom stereocenters. The molecule has 1 N–H and O–H groups in total. The second-order valence-corrected chi connectivity index (χ2v) is 5.90. The number of hydrogen-bond acceptors (Lipinski definition) is 7. The average Bonchev–Trinajstić information content (AvgIpc) is 2.44. The average molecular weight is 447 g/mol. The van der Waals surface area contributed by atoms with Gasteiger partial charge in [-0.15, -0.1) is 0 Å². The third-order valence-electron chi connectivity index (χ3n) is 3.97. The van der Waals surface area contributed by atoms with E-state index in [1.54, 1.807) is 0 Å². The molecule has 0 aromatic rings. The van der Waals surface area contributed by atoms with Crippen LogP contribution in [0, 0.1) is 5.92 Å².